The minimum atomic E-state index is -0.260. The molecule has 0 aliphatic heterocycles. The third-order valence-electron chi connectivity index (χ3n) is 5.16. The van der Waals surface area contributed by atoms with Gasteiger partial charge in [-0.3, -0.25) is 9.55 Å². The Bertz CT molecular complexity index is 1340. The summed E-state index contributed by atoms with van der Waals surface area (Å²) in [6, 6.07) is 20.7. The third-order valence-corrected chi connectivity index (χ3v) is 5.16. The lowest BCUT2D eigenvalue weighted by Gasteiger charge is -2.10. The van der Waals surface area contributed by atoms with Gasteiger partial charge in [0, 0.05) is 11.1 Å². The molecule has 3 aromatic carbocycles. The van der Waals surface area contributed by atoms with Crippen molar-refractivity contribution in [3.63, 3.8) is 0 Å². The number of halogens is 1. The number of aryl methyl sites for hydroxylation is 1. The molecule has 0 spiro atoms. The van der Waals surface area contributed by atoms with Gasteiger partial charge in [0.25, 0.3) is 0 Å². The van der Waals surface area contributed by atoms with Crippen molar-refractivity contribution < 1.29 is 9.13 Å². The van der Waals surface area contributed by atoms with Crippen LogP contribution in [0.4, 0.5) is 4.39 Å². The highest BCUT2D eigenvalue weighted by Crippen LogP contribution is 2.31. The second-order valence-electron chi connectivity index (χ2n) is 6.92. The molecule has 0 bridgehead atoms. The summed E-state index contributed by atoms with van der Waals surface area (Å²) >= 11 is 0. The molecule has 0 fully saturated rings. The SMILES string of the molecule is COc1ccc(-c2ccc3ncc4nc(C)n(-c5ccc(F)cc5)c4c3c2)cc1. The Labute approximate surface area is 167 Å². The van der Waals surface area contributed by atoms with Gasteiger partial charge in [0.2, 0.25) is 0 Å². The molecule has 0 atom stereocenters. The van der Waals surface area contributed by atoms with Crippen molar-refractivity contribution in [3.05, 3.63) is 84.6 Å². The molecular weight excluding hydrogens is 365 g/mol. The fourth-order valence-corrected chi connectivity index (χ4v) is 3.74. The molecule has 5 heteroatoms. The van der Waals surface area contributed by atoms with Crippen LogP contribution < -0.4 is 4.74 Å². The lowest BCUT2D eigenvalue weighted by Crippen LogP contribution is -1.97. The molecule has 2 heterocycles. The van der Waals surface area contributed by atoms with Crippen molar-refractivity contribution in [1.82, 2.24) is 14.5 Å². The van der Waals surface area contributed by atoms with E-state index in [0.717, 1.165) is 50.3 Å². The maximum absolute atomic E-state index is 13.4. The minimum absolute atomic E-state index is 0.260. The first-order valence-electron chi connectivity index (χ1n) is 9.32. The molecule has 5 aromatic rings. The second kappa shape index (κ2) is 6.71. The lowest BCUT2D eigenvalue weighted by molar-refractivity contribution is 0.415. The van der Waals surface area contributed by atoms with Gasteiger partial charge in [-0.05, 0) is 66.6 Å². The lowest BCUT2D eigenvalue weighted by atomic mass is 10.0. The molecule has 5 rings (SSSR count). The van der Waals surface area contributed by atoms with Crippen LogP contribution in [0.15, 0.2) is 72.9 Å². The van der Waals surface area contributed by atoms with E-state index in [-0.39, 0.29) is 5.82 Å². The van der Waals surface area contributed by atoms with Crippen molar-refractivity contribution >= 4 is 21.9 Å². The average Bonchev–Trinajstić information content (AvgIpc) is 3.10. The molecule has 29 heavy (non-hydrogen) atoms. The van der Waals surface area contributed by atoms with Gasteiger partial charge in [0.05, 0.1) is 24.3 Å². The Morgan fingerprint density at radius 2 is 1.59 bits per heavy atom. The van der Waals surface area contributed by atoms with Crippen molar-refractivity contribution in [2.75, 3.05) is 7.11 Å². The molecule has 0 N–H and O–H groups in total. The van der Waals surface area contributed by atoms with E-state index < -0.39 is 0 Å². The quantitative estimate of drug-likeness (QED) is 0.401. The van der Waals surface area contributed by atoms with Crippen molar-refractivity contribution in [2.24, 2.45) is 0 Å². The van der Waals surface area contributed by atoms with Gasteiger partial charge >= 0.3 is 0 Å². The molecule has 0 unspecified atom stereocenters. The Hall–Kier alpha value is -3.73. The number of rotatable bonds is 3. The van der Waals surface area contributed by atoms with Crippen LogP contribution in [-0.4, -0.2) is 21.6 Å². The number of pyridine rings is 1. The fraction of sp³-hybridized carbons (Fsp3) is 0.0833. The molecule has 0 radical (unpaired) electrons. The second-order valence-corrected chi connectivity index (χ2v) is 6.92. The standard InChI is InChI=1S/C24H18FN3O/c1-15-27-23-14-26-22-12-5-17(16-3-10-20(29-2)11-4-16)13-21(22)24(23)28(15)19-8-6-18(25)7-9-19/h3-14H,1-2H3. The van der Waals surface area contributed by atoms with Gasteiger partial charge in [-0.25, -0.2) is 9.37 Å². The van der Waals surface area contributed by atoms with Crippen LogP contribution in [-0.2, 0) is 0 Å². The summed E-state index contributed by atoms with van der Waals surface area (Å²) in [5.41, 5.74) is 5.71. The number of hydrogen-bond donors (Lipinski definition) is 0. The van der Waals surface area contributed by atoms with Gasteiger partial charge in [-0.15, -0.1) is 0 Å². The van der Waals surface area contributed by atoms with Gasteiger partial charge in [0.1, 0.15) is 22.9 Å². The molecule has 0 amide bonds. The van der Waals surface area contributed by atoms with E-state index in [2.05, 4.69) is 26.7 Å². The Morgan fingerprint density at radius 3 is 2.31 bits per heavy atom. The van der Waals surface area contributed by atoms with Crippen LogP contribution in [0.3, 0.4) is 0 Å². The van der Waals surface area contributed by atoms with Gasteiger partial charge in [-0.2, -0.15) is 0 Å². The predicted molar refractivity (Wildman–Crippen MR) is 113 cm³/mol. The molecule has 0 aliphatic rings. The van der Waals surface area contributed by atoms with Crippen LogP contribution >= 0.6 is 0 Å². The Morgan fingerprint density at radius 1 is 0.862 bits per heavy atom. The number of nitrogens with zero attached hydrogens (tertiary/aromatic N) is 3. The number of benzene rings is 3. The first-order chi connectivity index (χ1) is 14.1. The van der Waals surface area contributed by atoms with E-state index >= 15 is 0 Å². The fourth-order valence-electron chi connectivity index (χ4n) is 3.74. The van der Waals surface area contributed by atoms with Gasteiger partial charge in [-0.1, -0.05) is 18.2 Å². The van der Waals surface area contributed by atoms with Crippen LogP contribution in [0.1, 0.15) is 5.82 Å². The first kappa shape index (κ1) is 17.4. The maximum atomic E-state index is 13.4. The van der Waals surface area contributed by atoms with Crippen LogP contribution in [0.5, 0.6) is 5.75 Å². The van der Waals surface area contributed by atoms with E-state index in [1.54, 1.807) is 25.4 Å². The van der Waals surface area contributed by atoms with Crippen molar-refractivity contribution in [3.8, 4) is 22.6 Å². The van der Waals surface area contributed by atoms with Crippen molar-refractivity contribution in [2.45, 2.75) is 6.92 Å². The number of aromatic nitrogens is 3. The topological polar surface area (TPSA) is 39.9 Å². The maximum Gasteiger partial charge on any atom is 0.123 e. The number of imidazole rings is 1. The monoisotopic (exact) mass is 383 g/mol. The third kappa shape index (κ3) is 2.91. The van der Waals surface area contributed by atoms with E-state index in [0.29, 0.717) is 0 Å². The van der Waals surface area contributed by atoms with E-state index in [1.165, 1.54) is 12.1 Å². The molecule has 0 aliphatic carbocycles. The summed E-state index contributed by atoms with van der Waals surface area (Å²) in [5, 5.41) is 1.00. The average molecular weight is 383 g/mol. The van der Waals surface area contributed by atoms with E-state index in [1.807, 2.05) is 37.3 Å². The molecule has 142 valence electrons. The molecule has 2 aromatic heterocycles. The van der Waals surface area contributed by atoms with Crippen LogP contribution in [0.25, 0.3) is 38.8 Å². The number of methoxy groups -OCH3 is 1. The Balaban J connectivity index is 1.77. The zero-order valence-corrected chi connectivity index (χ0v) is 16.1. The minimum Gasteiger partial charge on any atom is -0.497 e. The highest BCUT2D eigenvalue weighted by Gasteiger charge is 2.14. The van der Waals surface area contributed by atoms with Gasteiger partial charge < -0.3 is 4.74 Å². The van der Waals surface area contributed by atoms with Crippen LogP contribution in [0.2, 0.25) is 0 Å². The summed E-state index contributed by atoms with van der Waals surface area (Å²) in [6.45, 7) is 1.95. The number of ether oxygens (including phenoxy) is 1. The Kier molecular flexibility index (Phi) is 4.02. The number of fused-ring (bicyclic) bond motifs is 3. The molecule has 0 saturated heterocycles. The van der Waals surface area contributed by atoms with Crippen LogP contribution in [0, 0.1) is 12.7 Å². The summed E-state index contributed by atoms with van der Waals surface area (Å²) in [5.74, 6) is 1.39. The summed E-state index contributed by atoms with van der Waals surface area (Å²) in [6.07, 6.45) is 1.79. The summed E-state index contributed by atoms with van der Waals surface area (Å²) in [7, 11) is 1.66. The zero-order valence-electron chi connectivity index (χ0n) is 16.1. The first-order valence-corrected chi connectivity index (χ1v) is 9.32. The smallest absolute Gasteiger partial charge is 0.123 e. The molecule has 0 saturated carbocycles. The molecular formula is C24H18FN3O. The summed E-state index contributed by atoms with van der Waals surface area (Å²) < 4.78 is 20.8. The number of hydrogen-bond acceptors (Lipinski definition) is 3. The van der Waals surface area contributed by atoms with E-state index in [4.69, 9.17) is 4.74 Å². The summed E-state index contributed by atoms with van der Waals surface area (Å²) in [4.78, 5) is 9.26. The normalized spacial score (nSPS) is 11.3. The predicted octanol–water partition coefficient (Wildman–Crippen LogP) is 5.70. The zero-order chi connectivity index (χ0) is 20.0. The highest BCUT2D eigenvalue weighted by molar-refractivity contribution is 6.04. The van der Waals surface area contributed by atoms with Crippen molar-refractivity contribution in [1.29, 1.82) is 0 Å². The van der Waals surface area contributed by atoms with E-state index in [9.17, 15) is 4.39 Å². The largest absolute Gasteiger partial charge is 0.497 e. The van der Waals surface area contributed by atoms with Gasteiger partial charge in [0.15, 0.2) is 0 Å². The highest BCUT2D eigenvalue weighted by atomic mass is 19.1. The molecule has 4 nitrogen and oxygen atoms in total.